The first-order valence-corrected chi connectivity index (χ1v) is 14.9. The molecule has 2 amide bonds. The number of amides is 2. The molecule has 3 aromatic rings. The van der Waals surface area contributed by atoms with Gasteiger partial charge in [0.1, 0.15) is 29.2 Å². The topological polar surface area (TPSA) is 101 Å². The summed E-state index contributed by atoms with van der Waals surface area (Å²) in [6.07, 6.45) is 1.56. The lowest BCUT2D eigenvalue weighted by Crippen LogP contribution is -3.00. The summed E-state index contributed by atoms with van der Waals surface area (Å²) in [5.41, 5.74) is 5.58. The molecule has 3 N–H and O–H groups in total. The molecule has 9 heteroatoms. The summed E-state index contributed by atoms with van der Waals surface area (Å²) in [5, 5.41) is 12.2. The second kappa shape index (κ2) is 13.3. The van der Waals surface area contributed by atoms with Gasteiger partial charge in [-0.15, -0.1) is 11.8 Å². The summed E-state index contributed by atoms with van der Waals surface area (Å²) >= 11 is 1.15. The summed E-state index contributed by atoms with van der Waals surface area (Å²) in [4.78, 5) is 38.0. The number of carbonyl (C=O) groups is 3. The number of likely N-dealkylation sites (tertiary alicyclic amines) is 1. The van der Waals surface area contributed by atoms with Gasteiger partial charge >= 0.3 is 5.97 Å². The van der Waals surface area contributed by atoms with Crippen LogP contribution in [0.4, 0.5) is 0 Å². The number of thioether (sulfide) groups is 1. The van der Waals surface area contributed by atoms with Gasteiger partial charge in [0.25, 0.3) is 0 Å². The number of halogens is 1. The molecule has 0 aromatic heterocycles. The summed E-state index contributed by atoms with van der Waals surface area (Å²) in [7, 11) is -2.04. The molecule has 1 aliphatic heterocycles. The molecule has 1 saturated heterocycles. The average molecular weight is 602 g/mol. The molecule has 0 aliphatic carbocycles. The van der Waals surface area contributed by atoms with Crippen molar-refractivity contribution in [2.75, 3.05) is 18.5 Å². The molecule has 2 atom stereocenters. The zero-order valence-corrected chi connectivity index (χ0v) is 23.6. The van der Waals surface area contributed by atoms with Crippen LogP contribution in [0, 0.1) is 0 Å². The van der Waals surface area contributed by atoms with Crippen molar-refractivity contribution in [3.05, 3.63) is 91.0 Å². The Hall–Kier alpha value is -2.51. The van der Waals surface area contributed by atoms with Gasteiger partial charge < -0.3 is 27.8 Å². The number of rotatable bonds is 11. The highest BCUT2D eigenvalue weighted by Gasteiger charge is 2.45. The van der Waals surface area contributed by atoms with Crippen LogP contribution in [0.5, 0.6) is 0 Å². The Morgan fingerprint density at radius 3 is 1.81 bits per heavy atom. The zero-order valence-electron chi connectivity index (χ0n) is 20.3. The first-order chi connectivity index (χ1) is 17.4. The lowest BCUT2D eigenvalue weighted by atomic mass is 10.3. The smallest absolute Gasteiger partial charge is 0.321 e. The molecule has 0 saturated carbocycles. The molecule has 0 radical (unpaired) electrons. The first kappa shape index (κ1) is 29.1. The minimum atomic E-state index is -2.04. The van der Waals surface area contributed by atoms with E-state index in [1.165, 1.54) is 20.8 Å². The van der Waals surface area contributed by atoms with Crippen molar-refractivity contribution in [3.63, 3.8) is 0 Å². The van der Waals surface area contributed by atoms with Crippen LogP contribution < -0.4 is 38.6 Å². The maximum atomic E-state index is 13.0. The molecule has 3 aromatic carbocycles. The van der Waals surface area contributed by atoms with Crippen LogP contribution in [0.2, 0.25) is 0 Å². The molecule has 0 spiro atoms. The summed E-state index contributed by atoms with van der Waals surface area (Å²) in [5.74, 6) is -1.47. The van der Waals surface area contributed by atoms with Gasteiger partial charge in [0.05, 0.1) is 11.4 Å². The molecule has 6 nitrogen and oxygen atoms in total. The van der Waals surface area contributed by atoms with Crippen LogP contribution in [0.3, 0.4) is 0 Å². The Kier molecular flexibility index (Phi) is 10.5. The number of imide groups is 1. The molecular weight excluding hydrogens is 571 g/mol. The van der Waals surface area contributed by atoms with Crippen molar-refractivity contribution in [3.8, 4) is 0 Å². The minimum absolute atomic E-state index is 0. The van der Waals surface area contributed by atoms with Gasteiger partial charge in [0.2, 0.25) is 11.8 Å². The third kappa shape index (κ3) is 6.50. The van der Waals surface area contributed by atoms with Crippen LogP contribution in [-0.2, 0) is 14.4 Å². The maximum Gasteiger partial charge on any atom is 0.321 e. The van der Waals surface area contributed by atoms with Crippen molar-refractivity contribution in [1.82, 2.24) is 4.90 Å². The van der Waals surface area contributed by atoms with E-state index < -0.39 is 24.5 Å². The van der Waals surface area contributed by atoms with Crippen molar-refractivity contribution in [1.29, 1.82) is 0 Å². The zero-order chi connectivity index (χ0) is 25.5. The van der Waals surface area contributed by atoms with Crippen molar-refractivity contribution in [2.24, 2.45) is 5.73 Å². The number of carboxylic acids is 1. The average Bonchev–Trinajstić information content (AvgIpc) is 3.18. The summed E-state index contributed by atoms with van der Waals surface area (Å²) < 4.78 is 0. The molecule has 4 rings (SSSR count). The Labute approximate surface area is 232 Å². The molecule has 194 valence electrons. The Balaban J connectivity index is 0.00000380. The van der Waals surface area contributed by atoms with Crippen molar-refractivity contribution < 1.29 is 36.5 Å². The largest absolute Gasteiger partial charge is 1.00 e. The number of hydrogen-bond acceptors (Lipinski definition) is 5. The van der Waals surface area contributed by atoms with Crippen molar-refractivity contribution in [2.45, 2.75) is 24.1 Å². The highest BCUT2D eigenvalue weighted by molar-refractivity contribution is 8.00. The SMILES string of the molecule is NC(CSC1CC(=O)N(CCC[P+](c2ccccc2)(c2ccccc2)c2ccccc2)C1=O)C(=O)O.[Br-]. The van der Waals surface area contributed by atoms with E-state index in [4.69, 9.17) is 10.8 Å². The van der Waals surface area contributed by atoms with Crippen molar-refractivity contribution >= 4 is 52.7 Å². The summed E-state index contributed by atoms with van der Waals surface area (Å²) in [6.45, 7) is 0.341. The van der Waals surface area contributed by atoms with Gasteiger partial charge in [-0.1, -0.05) is 54.6 Å². The second-order valence-corrected chi connectivity index (χ2v) is 13.6. The lowest BCUT2D eigenvalue weighted by Gasteiger charge is -2.28. The van der Waals surface area contributed by atoms with Gasteiger partial charge in [0.15, 0.2) is 0 Å². The molecule has 2 unspecified atom stereocenters. The number of nitrogens with two attached hydrogens (primary N) is 1. The molecular formula is C28H30BrN2O4PS. The molecule has 1 heterocycles. The lowest BCUT2D eigenvalue weighted by molar-refractivity contribution is -0.139. The fourth-order valence-corrected chi connectivity index (χ4v) is 10.1. The highest BCUT2D eigenvalue weighted by Crippen LogP contribution is 2.55. The van der Waals surface area contributed by atoms with Crippen LogP contribution in [0.15, 0.2) is 91.0 Å². The van der Waals surface area contributed by atoms with E-state index in [1.807, 2.05) is 18.2 Å². The number of nitrogens with zero attached hydrogens (tertiary/aromatic N) is 1. The maximum absolute atomic E-state index is 13.0. The van der Waals surface area contributed by atoms with Crippen LogP contribution >= 0.6 is 19.0 Å². The number of carboxylic acid groups (broad SMARTS) is 1. The molecule has 1 fully saturated rings. The van der Waals surface area contributed by atoms with Gasteiger partial charge in [-0.2, -0.15) is 0 Å². The molecule has 37 heavy (non-hydrogen) atoms. The number of aliphatic carboxylic acids is 1. The third-order valence-electron chi connectivity index (χ3n) is 6.46. The van der Waals surface area contributed by atoms with Crippen LogP contribution in [-0.4, -0.2) is 57.5 Å². The van der Waals surface area contributed by atoms with E-state index in [9.17, 15) is 14.4 Å². The quantitative estimate of drug-likeness (QED) is 0.230. The van der Waals surface area contributed by atoms with Crippen LogP contribution in [0.25, 0.3) is 0 Å². The number of benzene rings is 3. The normalized spacial score (nSPS) is 16.4. The standard InChI is InChI=1S/C28H29N2O4PS.BrH/c29-24(28(33)34)20-36-25-19-26(31)30(27(25)32)17-10-18-35(21-11-4-1-5-12-21,22-13-6-2-7-14-22)23-15-8-3-9-16-23;/h1-9,11-16,24-25H,10,17-20,29H2;1H. The second-order valence-electron chi connectivity index (χ2n) is 8.75. The highest BCUT2D eigenvalue weighted by atomic mass is 79.9. The van der Waals surface area contributed by atoms with E-state index in [-0.39, 0.29) is 41.0 Å². The van der Waals surface area contributed by atoms with Gasteiger partial charge in [-0.3, -0.25) is 19.3 Å². The van der Waals surface area contributed by atoms with Gasteiger partial charge in [0, 0.05) is 25.1 Å². The Morgan fingerprint density at radius 1 is 0.919 bits per heavy atom. The summed E-state index contributed by atoms with van der Waals surface area (Å²) in [6, 6.07) is 30.4. The van der Waals surface area contributed by atoms with Gasteiger partial charge in [-0.25, -0.2) is 0 Å². The van der Waals surface area contributed by atoms with Gasteiger partial charge in [-0.05, 0) is 36.4 Å². The molecule has 1 aliphatic rings. The van der Waals surface area contributed by atoms with E-state index >= 15 is 0 Å². The fourth-order valence-electron chi connectivity index (χ4n) is 4.66. The van der Waals surface area contributed by atoms with E-state index in [0.717, 1.165) is 17.9 Å². The minimum Gasteiger partial charge on any atom is -1.00 e. The number of carbonyl (C=O) groups excluding carboxylic acids is 2. The first-order valence-electron chi connectivity index (χ1n) is 11.9. The monoisotopic (exact) mass is 600 g/mol. The molecule has 0 bridgehead atoms. The third-order valence-corrected chi connectivity index (χ3v) is 12.3. The predicted molar refractivity (Wildman–Crippen MR) is 148 cm³/mol. The fraction of sp³-hybridized carbons (Fsp3) is 0.250. The Morgan fingerprint density at radius 2 is 1.38 bits per heavy atom. The van der Waals surface area contributed by atoms with E-state index in [2.05, 4.69) is 72.8 Å². The van der Waals surface area contributed by atoms with Crippen LogP contribution in [0.1, 0.15) is 12.8 Å². The number of hydrogen-bond donors (Lipinski definition) is 2. The van der Waals surface area contributed by atoms with E-state index in [1.54, 1.807) is 0 Å². The van der Waals surface area contributed by atoms with E-state index in [0.29, 0.717) is 13.0 Å². The predicted octanol–water partition coefficient (Wildman–Crippen LogP) is -0.353. The Bertz CT molecular complexity index is 1100.